The van der Waals surface area contributed by atoms with Gasteiger partial charge >= 0.3 is 0 Å². The Morgan fingerprint density at radius 3 is 2.81 bits per heavy atom. The Morgan fingerprint density at radius 1 is 1.29 bits per heavy atom. The summed E-state index contributed by atoms with van der Waals surface area (Å²) in [5, 5.41) is 2.90. The fourth-order valence-electron chi connectivity index (χ4n) is 2.99. The van der Waals surface area contributed by atoms with Crippen molar-refractivity contribution in [3.63, 3.8) is 0 Å². The third-order valence-corrected chi connectivity index (χ3v) is 4.15. The molecule has 0 aliphatic carbocycles. The molecule has 3 heterocycles. The Labute approximate surface area is 125 Å². The number of ether oxygens (including phenoxy) is 1. The largest absolute Gasteiger partial charge is 0.378 e. The first kappa shape index (κ1) is 14.3. The summed E-state index contributed by atoms with van der Waals surface area (Å²) in [5.74, 6) is 1.02. The predicted molar refractivity (Wildman–Crippen MR) is 82.5 cm³/mol. The SMILES string of the molecule is O=C(CC1CCCO1)Nc1ccc(N2CCCCC2)nc1. The van der Waals surface area contributed by atoms with E-state index in [4.69, 9.17) is 4.74 Å². The zero-order valence-electron chi connectivity index (χ0n) is 12.4. The monoisotopic (exact) mass is 289 g/mol. The van der Waals surface area contributed by atoms with Crippen molar-refractivity contribution in [1.82, 2.24) is 4.98 Å². The minimum Gasteiger partial charge on any atom is -0.378 e. The minimum absolute atomic E-state index is 0.00872. The highest BCUT2D eigenvalue weighted by Crippen LogP contribution is 2.20. The van der Waals surface area contributed by atoms with Gasteiger partial charge in [-0.3, -0.25) is 4.79 Å². The number of carbonyl (C=O) groups is 1. The third kappa shape index (κ3) is 3.94. The van der Waals surface area contributed by atoms with Crippen LogP contribution in [0.2, 0.25) is 0 Å². The van der Waals surface area contributed by atoms with Gasteiger partial charge in [0.05, 0.1) is 24.4 Å². The molecular formula is C16H23N3O2. The van der Waals surface area contributed by atoms with Crippen LogP contribution in [-0.2, 0) is 9.53 Å². The van der Waals surface area contributed by atoms with Gasteiger partial charge in [0.15, 0.2) is 0 Å². The van der Waals surface area contributed by atoms with Crippen LogP contribution in [0.15, 0.2) is 18.3 Å². The van der Waals surface area contributed by atoms with E-state index in [1.54, 1.807) is 6.20 Å². The number of amides is 1. The van der Waals surface area contributed by atoms with E-state index in [9.17, 15) is 4.79 Å². The van der Waals surface area contributed by atoms with Crippen LogP contribution in [0, 0.1) is 0 Å². The topological polar surface area (TPSA) is 54.5 Å². The molecule has 5 heteroatoms. The highest BCUT2D eigenvalue weighted by Gasteiger charge is 2.19. The van der Waals surface area contributed by atoms with Gasteiger partial charge in [0.2, 0.25) is 5.91 Å². The van der Waals surface area contributed by atoms with E-state index in [-0.39, 0.29) is 12.0 Å². The number of aromatic nitrogens is 1. The smallest absolute Gasteiger partial charge is 0.227 e. The molecule has 1 unspecified atom stereocenters. The maximum atomic E-state index is 11.9. The lowest BCUT2D eigenvalue weighted by Gasteiger charge is -2.27. The Kier molecular flexibility index (Phi) is 4.70. The molecule has 1 aromatic rings. The quantitative estimate of drug-likeness (QED) is 0.925. The van der Waals surface area contributed by atoms with Crippen molar-refractivity contribution >= 4 is 17.4 Å². The molecule has 1 amide bonds. The molecule has 114 valence electrons. The first-order valence-corrected chi connectivity index (χ1v) is 7.94. The van der Waals surface area contributed by atoms with Crippen molar-refractivity contribution < 1.29 is 9.53 Å². The second-order valence-corrected chi connectivity index (χ2v) is 5.84. The summed E-state index contributed by atoms with van der Waals surface area (Å²) >= 11 is 0. The number of nitrogens with one attached hydrogen (secondary N) is 1. The van der Waals surface area contributed by atoms with Crippen LogP contribution < -0.4 is 10.2 Å². The summed E-state index contributed by atoms with van der Waals surface area (Å²) in [5.41, 5.74) is 0.763. The molecule has 3 rings (SSSR count). The van der Waals surface area contributed by atoms with Crippen molar-refractivity contribution in [2.24, 2.45) is 0 Å². The average molecular weight is 289 g/mol. The predicted octanol–water partition coefficient (Wildman–Crippen LogP) is 2.58. The molecule has 2 aliphatic heterocycles. The maximum absolute atomic E-state index is 11.9. The van der Waals surface area contributed by atoms with E-state index >= 15 is 0 Å². The first-order chi connectivity index (χ1) is 10.3. The van der Waals surface area contributed by atoms with Crippen molar-refractivity contribution in [1.29, 1.82) is 0 Å². The Morgan fingerprint density at radius 2 is 2.14 bits per heavy atom. The molecule has 1 N–H and O–H groups in total. The lowest BCUT2D eigenvalue weighted by Crippen LogP contribution is -2.30. The molecule has 1 atom stereocenters. The standard InChI is InChI=1S/C16H23N3O2/c20-16(11-14-5-4-10-21-14)18-13-6-7-15(17-12-13)19-8-2-1-3-9-19/h6-7,12,14H,1-5,8-11H2,(H,18,20). The van der Waals surface area contributed by atoms with Crippen molar-refractivity contribution in [3.8, 4) is 0 Å². The van der Waals surface area contributed by atoms with Gasteiger partial charge in [-0.05, 0) is 44.2 Å². The summed E-state index contributed by atoms with van der Waals surface area (Å²) < 4.78 is 5.48. The van der Waals surface area contributed by atoms with Crippen LogP contribution in [0.3, 0.4) is 0 Å². The van der Waals surface area contributed by atoms with Gasteiger partial charge in [0.1, 0.15) is 5.82 Å². The van der Waals surface area contributed by atoms with Gasteiger partial charge in [0.25, 0.3) is 0 Å². The highest BCUT2D eigenvalue weighted by atomic mass is 16.5. The van der Waals surface area contributed by atoms with E-state index < -0.39 is 0 Å². The molecule has 0 radical (unpaired) electrons. The summed E-state index contributed by atoms with van der Waals surface area (Å²) in [6.45, 7) is 2.94. The molecule has 2 saturated heterocycles. The number of pyridine rings is 1. The van der Waals surface area contributed by atoms with Crippen LogP contribution in [0.25, 0.3) is 0 Å². The summed E-state index contributed by atoms with van der Waals surface area (Å²) in [7, 11) is 0. The van der Waals surface area contributed by atoms with Gasteiger partial charge in [-0.1, -0.05) is 0 Å². The van der Waals surface area contributed by atoms with Crippen LogP contribution in [0.1, 0.15) is 38.5 Å². The molecule has 0 bridgehead atoms. The van der Waals surface area contributed by atoms with E-state index in [0.717, 1.165) is 44.0 Å². The molecule has 0 saturated carbocycles. The number of piperidine rings is 1. The number of anilines is 2. The molecular weight excluding hydrogens is 266 g/mol. The lowest BCUT2D eigenvalue weighted by atomic mass is 10.1. The summed E-state index contributed by atoms with van der Waals surface area (Å²) in [4.78, 5) is 18.7. The fraction of sp³-hybridized carbons (Fsp3) is 0.625. The van der Waals surface area contributed by atoms with Crippen molar-refractivity contribution in [3.05, 3.63) is 18.3 Å². The summed E-state index contributed by atoms with van der Waals surface area (Å²) in [6, 6.07) is 3.93. The maximum Gasteiger partial charge on any atom is 0.227 e. The fourth-order valence-corrected chi connectivity index (χ4v) is 2.99. The number of nitrogens with zero attached hydrogens (tertiary/aromatic N) is 2. The Bertz CT molecular complexity index is 463. The zero-order chi connectivity index (χ0) is 14.5. The van der Waals surface area contributed by atoms with E-state index in [0.29, 0.717) is 6.42 Å². The van der Waals surface area contributed by atoms with E-state index in [1.165, 1.54) is 19.3 Å². The second kappa shape index (κ2) is 6.89. The number of hydrogen-bond acceptors (Lipinski definition) is 4. The summed E-state index contributed by atoms with van der Waals surface area (Å²) in [6.07, 6.45) is 8.11. The Balaban J connectivity index is 1.52. The van der Waals surface area contributed by atoms with E-state index in [2.05, 4.69) is 15.2 Å². The zero-order valence-corrected chi connectivity index (χ0v) is 12.4. The molecule has 21 heavy (non-hydrogen) atoms. The van der Waals surface area contributed by atoms with Crippen LogP contribution >= 0.6 is 0 Å². The highest BCUT2D eigenvalue weighted by molar-refractivity contribution is 5.90. The minimum atomic E-state index is 0.00872. The lowest BCUT2D eigenvalue weighted by molar-refractivity contribution is -0.118. The molecule has 2 fully saturated rings. The van der Waals surface area contributed by atoms with Gasteiger partial charge in [-0.2, -0.15) is 0 Å². The number of carbonyl (C=O) groups excluding carboxylic acids is 1. The molecule has 0 aromatic carbocycles. The van der Waals surface area contributed by atoms with Crippen LogP contribution in [-0.4, -0.2) is 36.7 Å². The van der Waals surface area contributed by atoms with Crippen LogP contribution in [0.5, 0.6) is 0 Å². The first-order valence-electron chi connectivity index (χ1n) is 7.94. The molecule has 1 aromatic heterocycles. The van der Waals surface area contributed by atoms with E-state index in [1.807, 2.05) is 12.1 Å². The molecule has 0 spiro atoms. The number of hydrogen-bond donors (Lipinski definition) is 1. The normalized spacial score (nSPS) is 22.3. The molecule has 5 nitrogen and oxygen atoms in total. The number of rotatable bonds is 4. The molecule has 2 aliphatic rings. The van der Waals surface area contributed by atoms with Gasteiger partial charge < -0.3 is 15.0 Å². The van der Waals surface area contributed by atoms with Crippen molar-refractivity contribution in [2.75, 3.05) is 29.9 Å². The second-order valence-electron chi connectivity index (χ2n) is 5.84. The Hall–Kier alpha value is -1.62. The van der Waals surface area contributed by atoms with Gasteiger partial charge in [0, 0.05) is 19.7 Å². The average Bonchev–Trinajstić information content (AvgIpc) is 3.02. The van der Waals surface area contributed by atoms with Gasteiger partial charge in [-0.15, -0.1) is 0 Å². The van der Waals surface area contributed by atoms with Crippen LogP contribution in [0.4, 0.5) is 11.5 Å². The van der Waals surface area contributed by atoms with Crippen molar-refractivity contribution in [2.45, 2.75) is 44.6 Å². The third-order valence-electron chi connectivity index (χ3n) is 4.15. The van der Waals surface area contributed by atoms with Gasteiger partial charge in [-0.25, -0.2) is 4.98 Å².